The quantitative estimate of drug-likeness (QED) is 0.383. The van der Waals surface area contributed by atoms with Gasteiger partial charge in [-0.05, 0) is 41.6 Å². The van der Waals surface area contributed by atoms with E-state index >= 15 is 0 Å². The van der Waals surface area contributed by atoms with Gasteiger partial charge in [0.1, 0.15) is 6.04 Å². The Bertz CT molecular complexity index is 1290. The van der Waals surface area contributed by atoms with Crippen LogP contribution in [-0.4, -0.2) is 53.0 Å². The minimum absolute atomic E-state index is 0.106. The molecule has 2 N–H and O–H groups in total. The standard InChI is InChI=1S/C23H19F2N5O4/c24-23(25)15-4-2-1-3-13(15)14-7-12(5-6-16(14)23)20(32)27-10-19(31)30-17(21(33)34)8-22(9-18(22)30)11-28-29-26/h1-7,17-18H,8-11H2,(H,27,32)(H,33,34)/t17-,18-,22+/m0/s1. The molecule has 1 saturated heterocycles. The number of amides is 2. The first kappa shape index (κ1) is 21.8. The van der Waals surface area contributed by atoms with Gasteiger partial charge in [-0.2, -0.15) is 8.78 Å². The third-order valence-corrected chi connectivity index (χ3v) is 7.02. The first-order valence-electron chi connectivity index (χ1n) is 10.6. The maximum atomic E-state index is 14.7. The highest BCUT2D eigenvalue weighted by Gasteiger charge is 2.66. The summed E-state index contributed by atoms with van der Waals surface area (Å²) in [4.78, 5) is 41.2. The van der Waals surface area contributed by atoms with E-state index in [1.165, 1.54) is 35.2 Å². The van der Waals surface area contributed by atoms with Gasteiger partial charge in [-0.1, -0.05) is 35.4 Å². The van der Waals surface area contributed by atoms with Gasteiger partial charge < -0.3 is 15.3 Å². The molecule has 0 aromatic heterocycles. The summed E-state index contributed by atoms with van der Waals surface area (Å²) < 4.78 is 29.4. The SMILES string of the molecule is [N-]=[N+]=NC[C@@]12C[C@@H]1N(C(=O)CNC(=O)c1ccc3c(c1)-c1ccccc1C3(F)F)[C@H](C(=O)O)C2. The Morgan fingerprint density at radius 3 is 2.62 bits per heavy atom. The summed E-state index contributed by atoms with van der Waals surface area (Å²) in [5.41, 5.74) is 8.44. The van der Waals surface area contributed by atoms with E-state index in [2.05, 4.69) is 15.3 Å². The van der Waals surface area contributed by atoms with Gasteiger partial charge in [0.2, 0.25) is 5.91 Å². The summed E-state index contributed by atoms with van der Waals surface area (Å²) in [5, 5.41) is 15.6. The van der Waals surface area contributed by atoms with Crippen molar-refractivity contribution in [3.63, 3.8) is 0 Å². The second-order valence-corrected chi connectivity index (χ2v) is 8.89. The Morgan fingerprint density at radius 1 is 1.15 bits per heavy atom. The summed E-state index contributed by atoms with van der Waals surface area (Å²) in [6.45, 7) is -0.337. The maximum Gasteiger partial charge on any atom is 0.326 e. The van der Waals surface area contributed by atoms with Crippen molar-refractivity contribution in [1.82, 2.24) is 10.2 Å². The Morgan fingerprint density at radius 2 is 1.88 bits per heavy atom. The zero-order chi connectivity index (χ0) is 24.3. The number of nitrogens with zero attached hydrogens (tertiary/aromatic N) is 4. The van der Waals surface area contributed by atoms with Crippen LogP contribution < -0.4 is 5.32 Å². The molecule has 2 aromatic carbocycles. The number of likely N-dealkylation sites (tertiary alicyclic amines) is 1. The van der Waals surface area contributed by atoms with Crippen LogP contribution in [0.4, 0.5) is 8.78 Å². The van der Waals surface area contributed by atoms with Crippen molar-refractivity contribution in [2.24, 2.45) is 10.5 Å². The van der Waals surface area contributed by atoms with Gasteiger partial charge in [0.15, 0.2) is 0 Å². The van der Waals surface area contributed by atoms with Gasteiger partial charge >= 0.3 is 5.97 Å². The largest absolute Gasteiger partial charge is 0.480 e. The summed E-state index contributed by atoms with van der Waals surface area (Å²) in [5.74, 6) is -5.52. The highest BCUT2D eigenvalue weighted by atomic mass is 19.3. The zero-order valence-electron chi connectivity index (χ0n) is 17.7. The number of benzene rings is 2. The number of rotatable bonds is 6. The molecule has 0 bridgehead atoms. The predicted molar refractivity (Wildman–Crippen MR) is 115 cm³/mol. The average Bonchev–Trinajstić information content (AvgIpc) is 3.35. The second-order valence-electron chi connectivity index (χ2n) is 8.89. The lowest BCUT2D eigenvalue weighted by atomic mass is 10.00. The van der Waals surface area contributed by atoms with E-state index in [0.29, 0.717) is 12.0 Å². The van der Waals surface area contributed by atoms with Crippen LogP contribution in [0.5, 0.6) is 0 Å². The Labute approximate surface area is 192 Å². The van der Waals surface area contributed by atoms with E-state index < -0.39 is 41.7 Å². The van der Waals surface area contributed by atoms with Crippen molar-refractivity contribution in [2.75, 3.05) is 13.1 Å². The van der Waals surface area contributed by atoms with Crippen LogP contribution in [0.2, 0.25) is 0 Å². The van der Waals surface area contributed by atoms with E-state index in [-0.39, 0.29) is 41.3 Å². The molecule has 5 rings (SSSR count). The normalized spacial score (nSPS) is 24.9. The molecule has 3 atom stereocenters. The molecule has 1 heterocycles. The Hall–Kier alpha value is -3.98. The fraction of sp³-hybridized carbons (Fsp3) is 0.348. The monoisotopic (exact) mass is 467 g/mol. The number of hydrogen-bond acceptors (Lipinski definition) is 4. The number of carboxylic acid groups (broad SMARTS) is 1. The number of alkyl halides is 2. The van der Waals surface area contributed by atoms with Gasteiger partial charge in [-0.15, -0.1) is 0 Å². The van der Waals surface area contributed by atoms with E-state index in [9.17, 15) is 28.3 Å². The number of halogens is 2. The molecule has 2 aromatic rings. The number of hydrogen-bond donors (Lipinski definition) is 2. The van der Waals surface area contributed by atoms with Crippen LogP contribution in [0.3, 0.4) is 0 Å². The number of nitrogens with one attached hydrogen (secondary N) is 1. The first-order chi connectivity index (χ1) is 16.2. The van der Waals surface area contributed by atoms with Crippen molar-refractivity contribution < 1.29 is 28.3 Å². The Balaban J connectivity index is 1.31. The third-order valence-electron chi connectivity index (χ3n) is 7.02. The lowest BCUT2D eigenvalue weighted by molar-refractivity contribution is -0.149. The van der Waals surface area contributed by atoms with Gasteiger partial charge in [0.25, 0.3) is 11.8 Å². The molecule has 174 valence electrons. The lowest BCUT2D eigenvalue weighted by Gasteiger charge is -2.24. The lowest BCUT2D eigenvalue weighted by Crippen LogP contribution is -2.47. The number of piperidine rings is 1. The number of carboxylic acids is 1. The smallest absolute Gasteiger partial charge is 0.326 e. The third kappa shape index (κ3) is 3.19. The molecule has 2 amide bonds. The molecule has 3 aliphatic rings. The van der Waals surface area contributed by atoms with E-state index in [4.69, 9.17) is 5.53 Å². The average molecular weight is 467 g/mol. The minimum atomic E-state index is -3.16. The maximum absolute atomic E-state index is 14.7. The van der Waals surface area contributed by atoms with Crippen LogP contribution in [0, 0.1) is 5.41 Å². The minimum Gasteiger partial charge on any atom is -0.480 e. The van der Waals surface area contributed by atoms with Gasteiger partial charge in [-0.25, -0.2) is 4.79 Å². The van der Waals surface area contributed by atoms with Crippen LogP contribution in [-0.2, 0) is 15.5 Å². The number of aliphatic carboxylic acids is 1. The molecule has 0 spiro atoms. The Kier molecular flexibility index (Phi) is 4.84. The molecule has 1 saturated carbocycles. The molecule has 0 radical (unpaired) electrons. The van der Waals surface area contributed by atoms with Crippen molar-refractivity contribution in [1.29, 1.82) is 0 Å². The molecule has 11 heteroatoms. The van der Waals surface area contributed by atoms with E-state index in [1.54, 1.807) is 12.1 Å². The first-order valence-corrected chi connectivity index (χ1v) is 10.6. The number of azide groups is 1. The summed E-state index contributed by atoms with van der Waals surface area (Å²) in [7, 11) is 0. The van der Waals surface area contributed by atoms with Crippen LogP contribution >= 0.6 is 0 Å². The predicted octanol–water partition coefficient (Wildman–Crippen LogP) is 3.29. The van der Waals surface area contributed by atoms with Crippen molar-refractivity contribution in [3.05, 3.63) is 69.6 Å². The highest BCUT2D eigenvalue weighted by molar-refractivity contribution is 5.99. The molecule has 1 aliphatic heterocycles. The van der Waals surface area contributed by atoms with Gasteiger partial charge in [0, 0.05) is 39.6 Å². The molecular formula is C23H19F2N5O4. The van der Waals surface area contributed by atoms with Crippen molar-refractivity contribution in [2.45, 2.75) is 30.8 Å². The highest BCUT2D eigenvalue weighted by Crippen LogP contribution is 2.59. The van der Waals surface area contributed by atoms with Crippen LogP contribution in [0.25, 0.3) is 21.6 Å². The van der Waals surface area contributed by atoms with Crippen molar-refractivity contribution in [3.8, 4) is 11.1 Å². The van der Waals surface area contributed by atoms with Crippen molar-refractivity contribution >= 4 is 17.8 Å². The summed E-state index contributed by atoms with van der Waals surface area (Å²) in [6, 6.07) is 8.53. The second kappa shape index (κ2) is 7.53. The fourth-order valence-electron chi connectivity index (χ4n) is 5.27. The topological polar surface area (TPSA) is 135 Å². The number of carbonyl (C=O) groups excluding carboxylic acids is 2. The summed E-state index contributed by atoms with van der Waals surface area (Å²) >= 11 is 0. The van der Waals surface area contributed by atoms with Crippen LogP contribution in [0.1, 0.15) is 34.3 Å². The molecule has 2 fully saturated rings. The molecule has 0 unspecified atom stereocenters. The molecule has 9 nitrogen and oxygen atoms in total. The number of carbonyl (C=O) groups is 3. The zero-order valence-corrected chi connectivity index (χ0v) is 17.7. The van der Waals surface area contributed by atoms with Gasteiger partial charge in [0.05, 0.1) is 6.54 Å². The van der Waals surface area contributed by atoms with E-state index in [1.807, 2.05) is 0 Å². The molecule has 34 heavy (non-hydrogen) atoms. The van der Waals surface area contributed by atoms with E-state index in [0.717, 1.165) is 0 Å². The molecular weight excluding hydrogens is 448 g/mol. The van der Waals surface area contributed by atoms with Crippen LogP contribution in [0.15, 0.2) is 47.6 Å². The summed E-state index contributed by atoms with van der Waals surface area (Å²) in [6.07, 6.45) is 0.720. The molecule has 2 aliphatic carbocycles. The number of fused-ring (bicyclic) bond motifs is 4. The van der Waals surface area contributed by atoms with Gasteiger partial charge in [-0.3, -0.25) is 9.59 Å². The fourth-order valence-corrected chi connectivity index (χ4v) is 5.27.